The van der Waals surface area contributed by atoms with Crippen LogP contribution < -0.4 is 10.3 Å². The number of H-pyrrole nitrogens is 1. The van der Waals surface area contributed by atoms with Crippen LogP contribution in [0.4, 0.5) is 4.39 Å². The number of fused-ring (bicyclic) bond motifs is 3. The smallest absolute Gasteiger partial charge is 0.257 e. The van der Waals surface area contributed by atoms with E-state index in [0.29, 0.717) is 17.7 Å². The molecular weight excluding hydrogens is 329 g/mol. The van der Waals surface area contributed by atoms with Crippen LogP contribution in [0.3, 0.4) is 0 Å². The Hall–Kier alpha value is -1.99. The van der Waals surface area contributed by atoms with Gasteiger partial charge in [0.1, 0.15) is 27.8 Å². The number of hydrogen-bond donors (Lipinski definition) is 1. The molecule has 3 aromatic rings. The number of rotatable bonds is 4. The van der Waals surface area contributed by atoms with Crippen LogP contribution in [0.5, 0.6) is 5.75 Å². The molecule has 1 aliphatic rings. The number of benzene rings is 1. The van der Waals surface area contributed by atoms with E-state index in [1.165, 1.54) is 11.3 Å². The Balaban J connectivity index is 1.83. The van der Waals surface area contributed by atoms with Crippen LogP contribution in [0.15, 0.2) is 23.0 Å². The second-order valence-corrected chi connectivity index (χ2v) is 7.13. The van der Waals surface area contributed by atoms with Gasteiger partial charge in [0.25, 0.3) is 5.56 Å². The van der Waals surface area contributed by atoms with Crippen LogP contribution in [-0.4, -0.2) is 41.2 Å². The molecular formula is C17H18FN3O2S. The van der Waals surface area contributed by atoms with E-state index in [1.54, 1.807) is 19.2 Å². The highest BCUT2D eigenvalue weighted by molar-refractivity contribution is 7.18. The number of likely N-dealkylation sites (tertiary alicyclic amines) is 1. The summed E-state index contributed by atoms with van der Waals surface area (Å²) in [5, 5.41) is 2.20. The fourth-order valence-electron chi connectivity index (χ4n) is 3.44. The van der Waals surface area contributed by atoms with E-state index in [1.807, 2.05) is 6.07 Å². The predicted octanol–water partition coefficient (Wildman–Crippen LogP) is 3.08. The summed E-state index contributed by atoms with van der Waals surface area (Å²) in [5.41, 5.74) is 0.604. The summed E-state index contributed by atoms with van der Waals surface area (Å²) in [6, 6.07) is 5.39. The molecule has 1 aromatic carbocycles. The van der Waals surface area contributed by atoms with E-state index in [4.69, 9.17) is 9.72 Å². The summed E-state index contributed by atoms with van der Waals surface area (Å²) < 4.78 is 18.5. The quantitative estimate of drug-likeness (QED) is 0.788. The number of aromatic amines is 1. The lowest BCUT2D eigenvalue weighted by atomic mass is 10.1. The average molecular weight is 347 g/mol. The lowest BCUT2D eigenvalue weighted by Gasteiger charge is -2.20. The summed E-state index contributed by atoms with van der Waals surface area (Å²) in [7, 11) is 1.59. The van der Waals surface area contributed by atoms with Crippen LogP contribution in [-0.2, 0) is 6.54 Å². The number of nitrogens with one attached hydrogen (secondary N) is 1. The van der Waals surface area contributed by atoms with Crippen LogP contribution in [0.2, 0.25) is 0 Å². The van der Waals surface area contributed by atoms with Crippen molar-refractivity contribution in [1.29, 1.82) is 0 Å². The van der Waals surface area contributed by atoms with Crippen molar-refractivity contribution in [2.45, 2.75) is 25.4 Å². The van der Waals surface area contributed by atoms with E-state index in [-0.39, 0.29) is 18.3 Å². The molecule has 1 aliphatic heterocycles. The third-order valence-corrected chi connectivity index (χ3v) is 5.60. The van der Waals surface area contributed by atoms with Gasteiger partial charge in [-0.1, -0.05) is 17.4 Å². The molecule has 1 fully saturated rings. The highest BCUT2D eigenvalue weighted by Crippen LogP contribution is 2.33. The summed E-state index contributed by atoms with van der Waals surface area (Å²) in [5.74, 6) is 0.642. The molecule has 1 atom stereocenters. The molecule has 7 heteroatoms. The molecule has 0 spiro atoms. The lowest BCUT2D eigenvalue weighted by molar-refractivity contribution is 0.207. The molecule has 0 unspecified atom stereocenters. The van der Waals surface area contributed by atoms with E-state index < -0.39 is 0 Å². The molecule has 126 valence electrons. The number of halogens is 1. The van der Waals surface area contributed by atoms with Gasteiger partial charge >= 0.3 is 0 Å². The largest absolute Gasteiger partial charge is 0.496 e. The van der Waals surface area contributed by atoms with Crippen molar-refractivity contribution in [3.8, 4) is 5.75 Å². The van der Waals surface area contributed by atoms with Crippen LogP contribution in [0.25, 0.3) is 21.1 Å². The van der Waals surface area contributed by atoms with Gasteiger partial charge in [0.2, 0.25) is 0 Å². The van der Waals surface area contributed by atoms with Crippen LogP contribution in [0.1, 0.15) is 17.8 Å². The maximum absolute atomic E-state index is 13.1. The highest BCUT2D eigenvalue weighted by atomic mass is 32.1. The number of hydrogen-bond acceptors (Lipinski definition) is 5. The van der Waals surface area contributed by atoms with Crippen molar-refractivity contribution in [2.75, 3.05) is 20.3 Å². The number of pyridine rings is 1. The SMILES string of the molecule is COc1cccc2c(=O)[nH]c3sc(CN4CCC[C@@H]4CF)nc3c12. The van der Waals surface area contributed by atoms with Crippen molar-refractivity contribution in [3.05, 3.63) is 33.6 Å². The standard InChI is InChI=1S/C17H18FN3O2S/c1-23-12-6-2-5-11-14(12)15-17(20-16(11)22)24-13(19-15)9-21-7-3-4-10(21)8-18/h2,5-6,10H,3-4,7-9H2,1H3,(H,20,22)/t10-/m1/s1. The van der Waals surface area contributed by atoms with Crippen molar-refractivity contribution in [3.63, 3.8) is 0 Å². The van der Waals surface area contributed by atoms with Gasteiger partial charge in [-0.2, -0.15) is 0 Å². The monoisotopic (exact) mass is 347 g/mol. The minimum atomic E-state index is -0.321. The second kappa shape index (κ2) is 6.14. The maximum atomic E-state index is 13.1. The highest BCUT2D eigenvalue weighted by Gasteiger charge is 2.25. The van der Waals surface area contributed by atoms with Gasteiger partial charge in [0.15, 0.2) is 0 Å². The zero-order chi connectivity index (χ0) is 16.7. The summed E-state index contributed by atoms with van der Waals surface area (Å²) in [6.07, 6.45) is 1.92. The molecule has 24 heavy (non-hydrogen) atoms. The van der Waals surface area contributed by atoms with Gasteiger partial charge < -0.3 is 9.72 Å². The lowest BCUT2D eigenvalue weighted by Crippen LogP contribution is -2.30. The Morgan fingerprint density at radius 3 is 3.17 bits per heavy atom. The topological polar surface area (TPSA) is 58.2 Å². The molecule has 4 rings (SSSR count). The number of thiazole rings is 1. The van der Waals surface area contributed by atoms with Crippen molar-refractivity contribution < 1.29 is 9.13 Å². The number of methoxy groups -OCH3 is 1. The van der Waals surface area contributed by atoms with Crippen LogP contribution >= 0.6 is 11.3 Å². The number of aromatic nitrogens is 2. The first-order valence-corrected chi connectivity index (χ1v) is 8.81. The summed E-state index contributed by atoms with van der Waals surface area (Å²) >= 11 is 1.46. The van der Waals surface area contributed by atoms with E-state index >= 15 is 0 Å². The van der Waals surface area contributed by atoms with Gasteiger partial charge in [-0.15, -0.1) is 0 Å². The molecule has 0 aliphatic carbocycles. The third-order valence-electron chi connectivity index (χ3n) is 4.64. The van der Waals surface area contributed by atoms with Gasteiger partial charge in [-0.05, 0) is 31.5 Å². The number of alkyl halides is 1. The van der Waals surface area contributed by atoms with E-state index in [9.17, 15) is 9.18 Å². The minimum absolute atomic E-state index is 0.0117. The maximum Gasteiger partial charge on any atom is 0.257 e. The molecule has 0 radical (unpaired) electrons. The normalized spacial score (nSPS) is 18.7. The Labute approximate surface area is 142 Å². The molecule has 0 amide bonds. The Bertz CT molecular complexity index is 952. The van der Waals surface area contributed by atoms with Gasteiger partial charge in [0, 0.05) is 6.04 Å². The first-order chi connectivity index (χ1) is 11.7. The Kier molecular flexibility index (Phi) is 3.97. The molecule has 0 saturated carbocycles. The fourth-order valence-corrected chi connectivity index (χ4v) is 4.43. The predicted molar refractivity (Wildman–Crippen MR) is 93.7 cm³/mol. The average Bonchev–Trinajstić information content (AvgIpc) is 3.20. The first-order valence-electron chi connectivity index (χ1n) is 7.99. The van der Waals surface area contributed by atoms with E-state index in [0.717, 1.165) is 40.1 Å². The minimum Gasteiger partial charge on any atom is -0.496 e. The third kappa shape index (κ3) is 2.48. The molecule has 1 N–H and O–H groups in total. The molecule has 2 aromatic heterocycles. The molecule has 1 saturated heterocycles. The van der Waals surface area contributed by atoms with Gasteiger partial charge in [-0.25, -0.2) is 9.37 Å². The van der Waals surface area contributed by atoms with Crippen molar-refractivity contribution in [2.24, 2.45) is 0 Å². The number of ether oxygens (including phenoxy) is 1. The Morgan fingerprint density at radius 2 is 2.38 bits per heavy atom. The first kappa shape index (κ1) is 15.5. The Morgan fingerprint density at radius 1 is 1.50 bits per heavy atom. The summed E-state index contributed by atoms with van der Waals surface area (Å²) in [6.45, 7) is 1.19. The van der Waals surface area contributed by atoms with Crippen LogP contribution in [0, 0.1) is 0 Å². The van der Waals surface area contributed by atoms with Crippen molar-refractivity contribution in [1.82, 2.24) is 14.9 Å². The summed E-state index contributed by atoms with van der Waals surface area (Å²) in [4.78, 5) is 22.8. The zero-order valence-electron chi connectivity index (χ0n) is 13.3. The van der Waals surface area contributed by atoms with Crippen molar-refractivity contribution >= 4 is 32.5 Å². The van der Waals surface area contributed by atoms with Gasteiger partial charge in [-0.3, -0.25) is 9.69 Å². The molecule has 5 nitrogen and oxygen atoms in total. The fraction of sp³-hybridized carbons (Fsp3) is 0.412. The number of nitrogens with zero attached hydrogens (tertiary/aromatic N) is 2. The second-order valence-electron chi connectivity index (χ2n) is 6.04. The van der Waals surface area contributed by atoms with E-state index in [2.05, 4.69) is 9.88 Å². The molecule has 3 heterocycles. The molecule has 0 bridgehead atoms. The zero-order valence-corrected chi connectivity index (χ0v) is 14.2. The van der Waals surface area contributed by atoms with Gasteiger partial charge in [0.05, 0.1) is 24.4 Å².